The van der Waals surface area contributed by atoms with E-state index in [1.165, 1.54) is 5.69 Å². The molecule has 1 aromatic rings. The van der Waals surface area contributed by atoms with Crippen LogP contribution in [0.25, 0.3) is 0 Å². The summed E-state index contributed by atoms with van der Waals surface area (Å²) < 4.78 is 2.13. The molecule has 0 spiro atoms. The quantitative estimate of drug-likeness (QED) is 0.703. The van der Waals surface area contributed by atoms with Gasteiger partial charge in [0.15, 0.2) is 0 Å². The number of fused-ring (bicyclic) bond motifs is 1. The second-order valence-electron chi connectivity index (χ2n) is 3.64. The molecule has 0 fully saturated rings. The Labute approximate surface area is 83.8 Å². The predicted octanol–water partition coefficient (Wildman–Crippen LogP) is 1.17. The lowest BCUT2D eigenvalue weighted by atomic mass is 10.1. The van der Waals surface area contributed by atoms with Crippen LogP contribution in [-0.4, -0.2) is 27.5 Å². The molecule has 0 aliphatic carbocycles. The van der Waals surface area contributed by atoms with Crippen LogP contribution in [0.2, 0.25) is 0 Å². The van der Waals surface area contributed by atoms with E-state index in [1.54, 1.807) is 0 Å². The third-order valence-corrected chi connectivity index (χ3v) is 2.77. The van der Waals surface area contributed by atoms with Gasteiger partial charge in [0.2, 0.25) is 0 Å². The highest BCUT2D eigenvalue weighted by atomic mass is 15.2. The van der Waals surface area contributed by atoms with E-state index in [4.69, 9.17) is 5.26 Å². The van der Waals surface area contributed by atoms with Crippen molar-refractivity contribution in [3.05, 3.63) is 18.2 Å². The summed E-state index contributed by atoms with van der Waals surface area (Å²) in [6, 6.07) is 2.52. The zero-order valence-electron chi connectivity index (χ0n) is 8.35. The molecule has 1 aliphatic heterocycles. The topological polar surface area (TPSA) is 44.9 Å². The summed E-state index contributed by atoms with van der Waals surface area (Å²) in [4.78, 5) is 6.48. The number of imidazole rings is 1. The molecule has 0 aromatic carbocycles. The second kappa shape index (κ2) is 3.81. The highest BCUT2D eigenvalue weighted by molar-refractivity contribution is 5.05. The Hall–Kier alpha value is -1.34. The zero-order chi connectivity index (χ0) is 9.97. The van der Waals surface area contributed by atoms with Crippen molar-refractivity contribution in [3.8, 4) is 6.07 Å². The van der Waals surface area contributed by atoms with Gasteiger partial charge in [-0.15, -0.1) is 0 Å². The molecule has 0 amide bonds. The van der Waals surface area contributed by atoms with Gasteiger partial charge in [0, 0.05) is 19.3 Å². The molecule has 2 heterocycles. The average molecular weight is 190 g/mol. The van der Waals surface area contributed by atoms with Crippen molar-refractivity contribution in [2.75, 3.05) is 13.1 Å². The SMILES string of the molecule is CCN1Cc2cncn2C(CC#N)C1. The summed E-state index contributed by atoms with van der Waals surface area (Å²) in [6.07, 6.45) is 4.30. The minimum Gasteiger partial charge on any atom is -0.328 e. The second-order valence-corrected chi connectivity index (χ2v) is 3.64. The Morgan fingerprint density at radius 3 is 3.29 bits per heavy atom. The summed E-state index contributed by atoms with van der Waals surface area (Å²) in [5.74, 6) is 0. The molecule has 1 aromatic heterocycles. The zero-order valence-corrected chi connectivity index (χ0v) is 8.35. The van der Waals surface area contributed by atoms with E-state index in [-0.39, 0.29) is 6.04 Å². The van der Waals surface area contributed by atoms with Crippen LogP contribution in [0.3, 0.4) is 0 Å². The molecule has 0 radical (unpaired) electrons. The van der Waals surface area contributed by atoms with Crippen molar-refractivity contribution in [3.63, 3.8) is 0 Å². The van der Waals surface area contributed by atoms with Crippen LogP contribution in [0.1, 0.15) is 25.1 Å². The number of nitriles is 1. The highest BCUT2D eigenvalue weighted by Crippen LogP contribution is 2.22. The van der Waals surface area contributed by atoms with Crippen LogP contribution >= 0.6 is 0 Å². The number of rotatable bonds is 2. The molecule has 4 heteroatoms. The van der Waals surface area contributed by atoms with E-state index < -0.39 is 0 Å². The highest BCUT2D eigenvalue weighted by Gasteiger charge is 2.23. The third-order valence-electron chi connectivity index (χ3n) is 2.77. The first-order valence-corrected chi connectivity index (χ1v) is 4.95. The first-order chi connectivity index (χ1) is 6.85. The fourth-order valence-electron chi connectivity index (χ4n) is 1.97. The summed E-state index contributed by atoms with van der Waals surface area (Å²) in [6.45, 7) is 5.11. The molecule has 2 rings (SSSR count). The molecule has 0 bridgehead atoms. The van der Waals surface area contributed by atoms with Crippen LogP contribution in [0, 0.1) is 11.3 Å². The van der Waals surface area contributed by atoms with Gasteiger partial charge in [-0.1, -0.05) is 6.92 Å². The van der Waals surface area contributed by atoms with E-state index in [1.807, 2.05) is 12.5 Å². The summed E-state index contributed by atoms with van der Waals surface area (Å²) in [5.41, 5.74) is 1.22. The molecule has 0 saturated carbocycles. The number of hydrogen-bond acceptors (Lipinski definition) is 3. The van der Waals surface area contributed by atoms with Crippen molar-refractivity contribution in [1.82, 2.24) is 14.5 Å². The van der Waals surface area contributed by atoms with Crippen LogP contribution in [-0.2, 0) is 6.54 Å². The Morgan fingerprint density at radius 1 is 1.71 bits per heavy atom. The van der Waals surface area contributed by atoms with E-state index >= 15 is 0 Å². The maximum absolute atomic E-state index is 8.74. The van der Waals surface area contributed by atoms with Crippen LogP contribution in [0.4, 0.5) is 0 Å². The van der Waals surface area contributed by atoms with Gasteiger partial charge in [0.25, 0.3) is 0 Å². The van der Waals surface area contributed by atoms with Crippen molar-refractivity contribution < 1.29 is 0 Å². The first kappa shape index (κ1) is 9.22. The minimum absolute atomic E-state index is 0.284. The van der Waals surface area contributed by atoms with Gasteiger partial charge < -0.3 is 4.57 Å². The standard InChI is InChI=1S/C10H14N4/c1-2-13-6-9(3-4-11)14-8-12-5-10(14)7-13/h5,8-9H,2-3,6-7H2,1H3. The molecule has 74 valence electrons. The lowest BCUT2D eigenvalue weighted by Crippen LogP contribution is -2.36. The van der Waals surface area contributed by atoms with Crippen LogP contribution in [0.15, 0.2) is 12.5 Å². The molecule has 1 unspecified atom stereocenters. The Balaban J connectivity index is 2.24. The first-order valence-electron chi connectivity index (χ1n) is 4.95. The number of likely N-dealkylation sites (N-methyl/N-ethyl adjacent to an activating group) is 1. The lowest BCUT2D eigenvalue weighted by Gasteiger charge is -2.32. The van der Waals surface area contributed by atoms with Gasteiger partial charge in [0.1, 0.15) is 0 Å². The summed E-state index contributed by atoms with van der Waals surface area (Å²) >= 11 is 0. The van der Waals surface area contributed by atoms with Crippen molar-refractivity contribution >= 4 is 0 Å². The Morgan fingerprint density at radius 2 is 2.57 bits per heavy atom. The van der Waals surface area contributed by atoms with Crippen LogP contribution < -0.4 is 0 Å². The smallest absolute Gasteiger partial charge is 0.0952 e. The van der Waals surface area contributed by atoms with Gasteiger partial charge in [-0.05, 0) is 6.54 Å². The average Bonchev–Trinajstić information content (AvgIpc) is 2.66. The van der Waals surface area contributed by atoms with Gasteiger partial charge >= 0.3 is 0 Å². The fraction of sp³-hybridized carbons (Fsp3) is 0.600. The van der Waals surface area contributed by atoms with E-state index in [9.17, 15) is 0 Å². The van der Waals surface area contributed by atoms with Crippen LogP contribution in [0.5, 0.6) is 0 Å². The fourth-order valence-corrected chi connectivity index (χ4v) is 1.97. The number of nitrogens with zero attached hydrogens (tertiary/aromatic N) is 4. The molecular formula is C10H14N4. The molecular weight excluding hydrogens is 176 g/mol. The van der Waals surface area contributed by atoms with E-state index in [0.29, 0.717) is 6.42 Å². The van der Waals surface area contributed by atoms with Crippen molar-refractivity contribution in [2.24, 2.45) is 0 Å². The monoisotopic (exact) mass is 190 g/mol. The Kier molecular flexibility index (Phi) is 2.51. The van der Waals surface area contributed by atoms with Gasteiger partial charge in [-0.2, -0.15) is 5.26 Å². The molecule has 14 heavy (non-hydrogen) atoms. The predicted molar refractivity (Wildman–Crippen MR) is 52.4 cm³/mol. The normalized spacial score (nSPS) is 21.6. The summed E-state index contributed by atoms with van der Waals surface area (Å²) in [5, 5.41) is 8.74. The van der Waals surface area contributed by atoms with Crippen molar-refractivity contribution in [1.29, 1.82) is 5.26 Å². The Bertz CT molecular complexity index is 349. The molecule has 1 atom stereocenters. The van der Waals surface area contributed by atoms with E-state index in [0.717, 1.165) is 19.6 Å². The number of hydrogen-bond donors (Lipinski definition) is 0. The van der Waals surface area contributed by atoms with Crippen molar-refractivity contribution in [2.45, 2.75) is 25.9 Å². The van der Waals surface area contributed by atoms with Gasteiger partial charge in [0.05, 0.1) is 30.6 Å². The molecule has 0 saturated heterocycles. The maximum Gasteiger partial charge on any atom is 0.0952 e. The van der Waals surface area contributed by atoms with Gasteiger partial charge in [-0.3, -0.25) is 4.90 Å². The molecule has 1 aliphatic rings. The molecule has 4 nitrogen and oxygen atoms in total. The largest absolute Gasteiger partial charge is 0.328 e. The molecule has 0 N–H and O–H groups in total. The summed E-state index contributed by atoms with van der Waals surface area (Å²) in [7, 11) is 0. The number of aromatic nitrogens is 2. The lowest BCUT2D eigenvalue weighted by molar-refractivity contribution is 0.195. The minimum atomic E-state index is 0.284. The third kappa shape index (κ3) is 1.51. The van der Waals surface area contributed by atoms with E-state index in [2.05, 4.69) is 27.4 Å². The maximum atomic E-state index is 8.74. The van der Waals surface area contributed by atoms with Gasteiger partial charge in [-0.25, -0.2) is 4.98 Å².